The number of rotatable bonds is 1. The van der Waals surface area contributed by atoms with Crippen molar-refractivity contribution in [3.05, 3.63) is 30.3 Å². The minimum atomic E-state index is 0.723. The predicted octanol–water partition coefficient (Wildman–Crippen LogP) is 2.65. The van der Waals surface area contributed by atoms with Crippen molar-refractivity contribution in [2.75, 3.05) is 18.2 Å². The molecular weight excluding hydrogens is 186 g/mol. The van der Waals surface area contributed by atoms with E-state index in [2.05, 4.69) is 35.2 Å². The number of benzene rings is 1. The SMILES string of the molecule is c1ccc(N2COC[C@H]3CCC[C@@H]32)cc1. The summed E-state index contributed by atoms with van der Waals surface area (Å²) in [6, 6.07) is 11.4. The molecule has 0 aromatic heterocycles. The maximum Gasteiger partial charge on any atom is 0.119 e. The number of hydrogen-bond acceptors (Lipinski definition) is 2. The minimum Gasteiger partial charge on any atom is -0.361 e. The third-order valence-corrected chi connectivity index (χ3v) is 3.67. The smallest absolute Gasteiger partial charge is 0.119 e. The van der Waals surface area contributed by atoms with Crippen LogP contribution in [0.4, 0.5) is 5.69 Å². The molecule has 1 heterocycles. The van der Waals surface area contributed by atoms with Crippen molar-refractivity contribution in [2.45, 2.75) is 25.3 Å². The third-order valence-electron chi connectivity index (χ3n) is 3.67. The van der Waals surface area contributed by atoms with Gasteiger partial charge in [0, 0.05) is 17.6 Å². The van der Waals surface area contributed by atoms with Gasteiger partial charge in [-0.3, -0.25) is 0 Å². The van der Waals surface area contributed by atoms with Crippen LogP contribution < -0.4 is 4.90 Å². The van der Waals surface area contributed by atoms with Gasteiger partial charge in [0.15, 0.2) is 0 Å². The van der Waals surface area contributed by atoms with Crippen molar-refractivity contribution in [3.8, 4) is 0 Å². The van der Waals surface area contributed by atoms with Gasteiger partial charge in [-0.1, -0.05) is 24.6 Å². The lowest BCUT2D eigenvalue weighted by Gasteiger charge is -2.39. The number of hydrogen-bond donors (Lipinski definition) is 0. The van der Waals surface area contributed by atoms with Crippen molar-refractivity contribution in [1.29, 1.82) is 0 Å². The van der Waals surface area contributed by atoms with Crippen molar-refractivity contribution in [3.63, 3.8) is 0 Å². The van der Waals surface area contributed by atoms with Gasteiger partial charge >= 0.3 is 0 Å². The number of ether oxygens (including phenoxy) is 1. The van der Waals surface area contributed by atoms with Crippen LogP contribution in [0.3, 0.4) is 0 Å². The molecule has 0 amide bonds. The molecular formula is C13H17NO. The first kappa shape index (κ1) is 9.22. The molecule has 2 nitrogen and oxygen atoms in total. The fraction of sp³-hybridized carbons (Fsp3) is 0.538. The van der Waals surface area contributed by atoms with Crippen LogP contribution in [-0.2, 0) is 4.74 Å². The Morgan fingerprint density at radius 3 is 2.87 bits per heavy atom. The summed E-state index contributed by atoms with van der Waals surface area (Å²) < 4.78 is 5.68. The number of fused-ring (bicyclic) bond motifs is 1. The molecule has 0 bridgehead atoms. The van der Waals surface area contributed by atoms with Gasteiger partial charge < -0.3 is 9.64 Å². The summed E-state index contributed by atoms with van der Waals surface area (Å²) in [5.74, 6) is 0.763. The zero-order valence-electron chi connectivity index (χ0n) is 8.93. The number of anilines is 1. The van der Waals surface area contributed by atoms with Crippen LogP contribution in [-0.4, -0.2) is 19.4 Å². The molecule has 15 heavy (non-hydrogen) atoms. The van der Waals surface area contributed by atoms with E-state index in [1.165, 1.54) is 24.9 Å². The fourth-order valence-corrected chi connectivity index (χ4v) is 2.91. The second kappa shape index (κ2) is 3.86. The lowest BCUT2D eigenvalue weighted by atomic mass is 10.0. The summed E-state index contributed by atoms with van der Waals surface area (Å²) in [5, 5.41) is 0. The monoisotopic (exact) mass is 203 g/mol. The Balaban J connectivity index is 1.85. The first-order valence-electron chi connectivity index (χ1n) is 5.84. The first-order valence-corrected chi connectivity index (χ1v) is 5.84. The van der Waals surface area contributed by atoms with E-state index in [-0.39, 0.29) is 0 Å². The van der Waals surface area contributed by atoms with Crippen LogP contribution in [0.15, 0.2) is 30.3 Å². The first-order chi connectivity index (χ1) is 7.45. The molecule has 1 saturated heterocycles. The number of nitrogens with zero attached hydrogens (tertiary/aromatic N) is 1. The Morgan fingerprint density at radius 2 is 2.00 bits per heavy atom. The largest absolute Gasteiger partial charge is 0.361 e. The highest BCUT2D eigenvalue weighted by atomic mass is 16.5. The van der Waals surface area contributed by atoms with Crippen LogP contribution in [0.1, 0.15) is 19.3 Å². The Bertz CT molecular complexity index is 325. The molecule has 0 spiro atoms. The highest BCUT2D eigenvalue weighted by molar-refractivity contribution is 5.47. The lowest BCUT2D eigenvalue weighted by Crippen LogP contribution is -2.45. The van der Waals surface area contributed by atoms with Crippen molar-refractivity contribution >= 4 is 5.69 Å². The van der Waals surface area contributed by atoms with Gasteiger partial charge in [-0.05, 0) is 25.0 Å². The highest BCUT2D eigenvalue weighted by Gasteiger charge is 2.35. The lowest BCUT2D eigenvalue weighted by molar-refractivity contribution is 0.0534. The molecule has 80 valence electrons. The Kier molecular flexibility index (Phi) is 2.37. The van der Waals surface area contributed by atoms with Crippen LogP contribution in [0.25, 0.3) is 0 Å². The molecule has 1 aliphatic carbocycles. The molecule has 1 aromatic rings. The van der Waals surface area contributed by atoms with E-state index in [1.807, 2.05) is 0 Å². The second-order valence-corrected chi connectivity index (χ2v) is 4.56. The average Bonchev–Trinajstić information content (AvgIpc) is 2.78. The summed E-state index contributed by atoms with van der Waals surface area (Å²) in [5.41, 5.74) is 1.31. The van der Waals surface area contributed by atoms with Gasteiger partial charge in [0.05, 0.1) is 6.61 Å². The van der Waals surface area contributed by atoms with Crippen molar-refractivity contribution in [1.82, 2.24) is 0 Å². The van der Waals surface area contributed by atoms with E-state index in [4.69, 9.17) is 4.74 Å². The molecule has 2 atom stereocenters. The Morgan fingerprint density at radius 1 is 1.13 bits per heavy atom. The minimum absolute atomic E-state index is 0.723. The fourth-order valence-electron chi connectivity index (χ4n) is 2.91. The van der Waals surface area contributed by atoms with Crippen molar-refractivity contribution < 1.29 is 4.74 Å². The second-order valence-electron chi connectivity index (χ2n) is 4.56. The molecule has 2 heteroatoms. The summed E-state index contributed by atoms with van der Waals surface area (Å²) >= 11 is 0. The Labute approximate surface area is 90.8 Å². The highest BCUT2D eigenvalue weighted by Crippen LogP contribution is 2.35. The van der Waals surface area contributed by atoms with E-state index < -0.39 is 0 Å². The summed E-state index contributed by atoms with van der Waals surface area (Å²) in [6.45, 7) is 1.74. The van der Waals surface area contributed by atoms with E-state index in [1.54, 1.807) is 0 Å². The van der Waals surface area contributed by atoms with Gasteiger partial charge in [0.25, 0.3) is 0 Å². The Hall–Kier alpha value is -1.02. The summed E-state index contributed by atoms with van der Waals surface area (Å²) in [6.07, 6.45) is 4.04. The molecule has 2 aliphatic rings. The molecule has 1 aromatic carbocycles. The maximum atomic E-state index is 5.68. The van der Waals surface area contributed by atoms with Gasteiger partial charge in [-0.15, -0.1) is 0 Å². The van der Waals surface area contributed by atoms with Gasteiger partial charge in [-0.25, -0.2) is 0 Å². The van der Waals surface area contributed by atoms with Gasteiger partial charge in [0.2, 0.25) is 0 Å². The normalized spacial score (nSPS) is 30.3. The van der Waals surface area contributed by atoms with E-state index >= 15 is 0 Å². The van der Waals surface area contributed by atoms with Crippen LogP contribution >= 0.6 is 0 Å². The zero-order valence-corrected chi connectivity index (χ0v) is 8.93. The van der Waals surface area contributed by atoms with Crippen LogP contribution in [0.5, 0.6) is 0 Å². The molecule has 3 rings (SSSR count). The average molecular weight is 203 g/mol. The van der Waals surface area contributed by atoms with Crippen LogP contribution in [0.2, 0.25) is 0 Å². The standard InChI is InChI=1S/C13H17NO/c1-2-6-12(7-3-1)14-10-15-9-11-5-4-8-13(11)14/h1-3,6-7,11,13H,4-5,8-10H2/t11-,13+/m1/s1. The molecule has 0 N–H and O–H groups in total. The van der Waals surface area contributed by atoms with E-state index in [0.29, 0.717) is 0 Å². The maximum absolute atomic E-state index is 5.68. The number of para-hydroxylation sites is 1. The molecule has 1 aliphatic heterocycles. The molecule has 2 fully saturated rings. The summed E-state index contributed by atoms with van der Waals surface area (Å²) in [4.78, 5) is 2.43. The molecule has 0 radical (unpaired) electrons. The van der Waals surface area contributed by atoms with E-state index in [0.717, 1.165) is 25.3 Å². The molecule has 0 unspecified atom stereocenters. The van der Waals surface area contributed by atoms with Gasteiger partial charge in [0.1, 0.15) is 6.73 Å². The third kappa shape index (κ3) is 1.63. The summed E-state index contributed by atoms with van der Waals surface area (Å²) in [7, 11) is 0. The topological polar surface area (TPSA) is 12.5 Å². The van der Waals surface area contributed by atoms with Crippen LogP contribution in [0, 0.1) is 5.92 Å². The zero-order chi connectivity index (χ0) is 10.1. The predicted molar refractivity (Wildman–Crippen MR) is 60.9 cm³/mol. The van der Waals surface area contributed by atoms with Crippen molar-refractivity contribution in [2.24, 2.45) is 5.92 Å². The molecule has 1 saturated carbocycles. The quantitative estimate of drug-likeness (QED) is 0.695. The van der Waals surface area contributed by atoms with Gasteiger partial charge in [-0.2, -0.15) is 0 Å². The van der Waals surface area contributed by atoms with E-state index in [9.17, 15) is 0 Å².